The number of halogens is 3. The van der Waals surface area contributed by atoms with Crippen molar-refractivity contribution in [1.29, 1.82) is 0 Å². The lowest BCUT2D eigenvalue weighted by Gasteiger charge is -2.08. The largest absolute Gasteiger partial charge is 0.484 e. The number of nitrogens with one attached hydrogen (secondary N) is 2. The summed E-state index contributed by atoms with van der Waals surface area (Å²) in [5, 5.41) is 7.33. The lowest BCUT2D eigenvalue weighted by Crippen LogP contribution is -2.20. The van der Waals surface area contributed by atoms with Gasteiger partial charge in [0.05, 0.1) is 16.3 Å². The van der Waals surface area contributed by atoms with Gasteiger partial charge in [-0.25, -0.2) is 5.43 Å². The lowest BCUT2D eigenvalue weighted by molar-refractivity contribution is -0.118. The van der Waals surface area contributed by atoms with E-state index in [1.807, 2.05) is 12.1 Å². The fourth-order valence-electron chi connectivity index (χ4n) is 2.40. The van der Waals surface area contributed by atoms with Crippen LogP contribution in [0.1, 0.15) is 15.9 Å². The van der Waals surface area contributed by atoms with Crippen molar-refractivity contribution in [3.63, 3.8) is 0 Å². The first kappa shape index (κ1) is 22.8. The molecule has 0 fully saturated rings. The quantitative estimate of drug-likeness (QED) is 0.317. The zero-order chi connectivity index (χ0) is 22.2. The Balaban J connectivity index is 1.47. The average molecular weight is 521 g/mol. The van der Waals surface area contributed by atoms with Crippen molar-refractivity contribution in [3.8, 4) is 5.75 Å². The summed E-state index contributed by atoms with van der Waals surface area (Å²) in [7, 11) is 0. The zero-order valence-electron chi connectivity index (χ0n) is 15.9. The van der Waals surface area contributed by atoms with Crippen molar-refractivity contribution < 1.29 is 14.3 Å². The molecule has 0 bridgehead atoms. The molecule has 0 spiro atoms. The third-order valence-electron chi connectivity index (χ3n) is 3.94. The normalized spacial score (nSPS) is 10.7. The van der Waals surface area contributed by atoms with E-state index in [0.717, 1.165) is 10.0 Å². The van der Waals surface area contributed by atoms with Gasteiger partial charge in [-0.1, -0.05) is 39.1 Å². The standard InChI is InChI=1S/C22H16BrCl2N3O3/c23-16-4-6-17(7-5-16)27-21(29)13-31-18-8-1-14(2-9-18)12-26-28-22(30)15-3-10-19(24)20(25)11-15/h1-12H,13H2,(H,27,29)(H,28,30)/b26-12-. The summed E-state index contributed by atoms with van der Waals surface area (Å²) in [6.07, 6.45) is 1.49. The maximum absolute atomic E-state index is 12.1. The lowest BCUT2D eigenvalue weighted by atomic mass is 10.2. The molecule has 0 aliphatic heterocycles. The van der Waals surface area contributed by atoms with E-state index in [4.69, 9.17) is 27.9 Å². The predicted molar refractivity (Wildman–Crippen MR) is 126 cm³/mol. The number of amides is 2. The first-order chi connectivity index (χ1) is 14.9. The Morgan fingerprint density at radius 1 is 0.968 bits per heavy atom. The number of rotatable bonds is 7. The highest BCUT2D eigenvalue weighted by molar-refractivity contribution is 9.10. The minimum absolute atomic E-state index is 0.122. The van der Waals surface area contributed by atoms with Gasteiger partial charge in [0.15, 0.2) is 6.61 Å². The van der Waals surface area contributed by atoms with Crippen molar-refractivity contribution in [3.05, 3.63) is 92.4 Å². The molecular weight excluding hydrogens is 505 g/mol. The van der Waals surface area contributed by atoms with Gasteiger partial charge in [-0.2, -0.15) is 5.10 Å². The number of carbonyl (C=O) groups is 2. The van der Waals surface area contributed by atoms with Gasteiger partial charge in [0.25, 0.3) is 11.8 Å². The summed E-state index contributed by atoms with van der Waals surface area (Å²) in [5.74, 6) is -0.146. The number of carbonyl (C=O) groups excluding carboxylic acids is 2. The molecule has 0 heterocycles. The molecule has 31 heavy (non-hydrogen) atoms. The van der Waals surface area contributed by atoms with Gasteiger partial charge in [-0.05, 0) is 72.3 Å². The van der Waals surface area contributed by atoms with Gasteiger partial charge in [0.2, 0.25) is 0 Å². The summed E-state index contributed by atoms with van der Waals surface area (Å²) in [5.41, 5.74) is 4.18. The molecule has 0 saturated heterocycles. The number of benzene rings is 3. The smallest absolute Gasteiger partial charge is 0.271 e. The molecule has 0 unspecified atom stereocenters. The van der Waals surface area contributed by atoms with E-state index in [1.165, 1.54) is 12.3 Å². The van der Waals surface area contributed by atoms with Crippen LogP contribution in [0.5, 0.6) is 5.75 Å². The fraction of sp³-hybridized carbons (Fsp3) is 0.0455. The molecule has 0 aliphatic rings. The summed E-state index contributed by atoms with van der Waals surface area (Å²) < 4.78 is 6.41. The molecular formula is C22H16BrCl2N3O3. The van der Waals surface area contributed by atoms with E-state index in [1.54, 1.807) is 48.5 Å². The van der Waals surface area contributed by atoms with Crippen LogP contribution in [0.2, 0.25) is 10.0 Å². The van der Waals surface area contributed by atoms with Crippen molar-refractivity contribution in [2.75, 3.05) is 11.9 Å². The number of anilines is 1. The van der Waals surface area contributed by atoms with Gasteiger partial charge < -0.3 is 10.1 Å². The Bertz CT molecular complexity index is 1100. The molecule has 2 N–H and O–H groups in total. The van der Waals surface area contributed by atoms with Crippen LogP contribution in [-0.2, 0) is 4.79 Å². The van der Waals surface area contributed by atoms with Crippen molar-refractivity contribution in [2.24, 2.45) is 5.10 Å². The van der Waals surface area contributed by atoms with Gasteiger partial charge in [0.1, 0.15) is 5.75 Å². The van der Waals surface area contributed by atoms with Gasteiger partial charge in [-0.3, -0.25) is 9.59 Å². The molecule has 0 radical (unpaired) electrons. The maximum Gasteiger partial charge on any atom is 0.271 e. The highest BCUT2D eigenvalue weighted by Gasteiger charge is 2.07. The minimum atomic E-state index is -0.411. The first-order valence-electron chi connectivity index (χ1n) is 8.97. The van der Waals surface area contributed by atoms with Crippen LogP contribution in [0, 0.1) is 0 Å². The number of hydrazone groups is 1. The van der Waals surface area contributed by atoms with E-state index in [9.17, 15) is 9.59 Å². The second-order valence-electron chi connectivity index (χ2n) is 6.24. The van der Waals surface area contributed by atoms with E-state index in [-0.39, 0.29) is 12.5 Å². The predicted octanol–water partition coefficient (Wildman–Crippen LogP) is 5.54. The number of nitrogens with zero attached hydrogens (tertiary/aromatic N) is 1. The van der Waals surface area contributed by atoms with Crippen LogP contribution in [0.3, 0.4) is 0 Å². The zero-order valence-corrected chi connectivity index (χ0v) is 19.0. The van der Waals surface area contributed by atoms with E-state index >= 15 is 0 Å². The third kappa shape index (κ3) is 7.10. The number of ether oxygens (including phenoxy) is 1. The molecule has 158 valence electrons. The van der Waals surface area contributed by atoms with Crippen LogP contribution in [0.15, 0.2) is 76.3 Å². The van der Waals surface area contributed by atoms with E-state index in [2.05, 4.69) is 31.8 Å². The highest BCUT2D eigenvalue weighted by atomic mass is 79.9. The molecule has 0 atom stereocenters. The summed E-state index contributed by atoms with van der Waals surface area (Å²) in [4.78, 5) is 24.0. The molecule has 3 aromatic carbocycles. The first-order valence-corrected chi connectivity index (χ1v) is 10.5. The van der Waals surface area contributed by atoms with Crippen LogP contribution in [0.25, 0.3) is 0 Å². The van der Waals surface area contributed by atoms with E-state index in [0.29, 0.717) is 27.0 Å². The van der Waals surface area contributed by atoms with Crippen LogP contribution < -0.4 is 15.5 Å². The maximum atomic E-state index is 12.1. The van der Waals surface area contributed by atoms with Gasteiger partial charge >= 0.3 is 0 Å². The fourth-order valence-corrected chi connectivity index (χ4v) is 2.96. The Morgan fingerprint density at radius 3 is 2.35 bits per heavy atom. The summed E-state index contributed by atoms with van der Waals surface area (Å²) in [6, 6.07) is 18.7. The van der Waals surface area contributed by atoms with Crippen LogP contribution in [0.4, 0.5) is 5.69 Å². The molecule has 0 aromatic heterocycles. The number of hydrogen-bond acceptors (Lipinski definition) is 4. The number of hydrogen-bond donors (Lipinski definition) is 2. The highest BCUT2D eigenvalue weighted by Crippen LogP contribution is 2.22. The van der Waals surface area contributed by atoms with Crippen LogP contribution in [-0.4, -0.2) is 24.6 Å². The molecule has 6 nitrogen and oxygen atoms in total. The Morgan fingerprint density at radius 2 is 1.68 bits per heavy atom. The second kappa shape index (κ2) is 10.9. The molecule has 0 aliphatic carbocycles. The summed E-state index contributed by atoms with van der Waals surface area (Å²) in [6.45, 7) is -0.122. The molecule has 0 saturated carbocycles. The molecule has 9 heteroatoms. The summed E-state index contributed by atoms with van der Waals surface area (Å²) >= 11 is 15.1. The Hall–Kier alpha value is -2.87. The Kier molecular flexibility index (Phi) is 8.06. The van der Waals surface area contributed by atoms with E-state index < -0.39 is 5.91 Å². The third-order valence-corrected chi connectivity index (χ3v) is 5.21. The van der Waals surface area contributed by atoms with Crippen LogP contribution >= 0.6 is 39.1 Å². The molecule has 2 amide bonds. The topological polar surface area (TPSA) is 79.8 Å². The molecule has 3 rings (SSSR count). The van der Waals surface area contributed by atoms with Gasteiger partial charge in [0, 0.05) is 15.7 Å². The molecule has 3 aromatic rings. The average Bonchev–Trinajstić information content (AvgIpc) is 2.76. The monoisotopic (exact) mass is 519 g/mol. The Labute approximate surface area is 197 Å². The van der Waals surface area contributed by atoms with Crippen molar-refractivity contribution in [2.45, 2.75) is 0 Å². The van der Waals surface area contributed by atoms with Gasteiger partial charge in [-0.15, -0.1) is 0 Å². The van der Waals surface area contributed by atoms with Crippen molar-refractivity contribution >= 4 is 62.8 Å². The SMILES string of the molecule is O=C(COc1ccc(/C=N\NC(=O)c2ccc(Cl)c(Cl)c2)cc1)Nc1ccc(Br)cc1. The minimum Gasteiger partial charge on any atom is -0.484 e. The van der Waals surface area contributed by atoms with Crippen molar-refractivity contribution in [1.82, 2.24) is 5.43 Å². The second-order valence-corrected chi connectivity index (χ2v) is 7.97.